The van der Waals surface area contributed by atoms with E-state index in [1.165, 1.54) is 10.4 Å². The van der Waals surface area contributed by atoms with E-state index in [-0.39, 0.29) is 5.91 Å². The minimum absolute atomic E-state index is 0.121. The first kappa shape index (κ1) is 15.8. The Morgan fingerprint density at radius 2 is 2.08 bits per heavy atom. The van der Waals surface area contributed by atoms with Crippen molar-refractivity contribution in [3.8, 4) is 17.0 Å². The molecular weight excluding hydrogens is 332 g/mol. The SMILES string of the molecule is COc1ccc2c(c1)CCc1sc(NC(=O)c3cccc(C)c3)nc1-2. The maximum Gasteiger partial charge on any atom is 0.257 e. The number of anilines is 1. The maximum atomic E-state index is 12.4. The molecule has 126 valence electrons. The molecule has 1 heterocycles. The Bertz CT molecular complexity index is 962. The summed E-state index contributed by atoms with van der Waals surface area (Å²) in [5.41, 5.74) is 5.07. The molecule has 5 heteroatoms. The van der Waals surface area contributed by atoms with Crippen LogP contribution < -0.4 is 10.1 Å². The van der Waals surface area contributed by atoms with Crippen molar-refractivity contribution in [2.45, 2.75) is 19.8 Å². The molecule has 0 saturated heterocycles. The second kappa shape index (κ2) is 6.33. The number of fused-ring (bicyclic) bond motifs is 3. The predicted molar refractivity (Wildman–Crippen MR) is 101 cm³/mol. The lowest BCUT2D eigenvalue weighted by Gasteiger charge is -2.15. The Kier molecular flexibility index (Phi) is 4.01. The zero-order valence-corrected chi connectivity index (χ0v) is 14.9. The Labute approximate surface area is 150 Å². The molecule has 1 N–H and O–H groups in total. The molecule has 0 aliphatic heterocycles. The minimum atomic E-state index is -0.121. The largest absolute Gasteiger partial charge is 0.497 e. The molecule has 4 nitrogen and oxygen atoms in total. The van der Waals surface area contributed by atoms with Crippen LogP contribution in [0.15, 0.2) is 42.5 Å². The summed E-state index contributed by atoms with van der Waals surface area (Å²) >= 11 is 1.56. The number of nitrogens with zero attached hydrogens (tertiary/aromatic N) is 1. The molecule has 3 aromatic rings. The normalized spacial score (nSPS) is 12.2. The molecule has 4 rings (SSSR count). The van der Waals surface area contributed by atoms with Crippen molar-refractivity contribution in [1.82, 2.24) is 4.98 Å². The number of carbonyl (C=O) groups excluding carboxylic acids is 1. The smallest absolute Gasteiger partial charge is 0.257 e. The van der Waals surface area contributed by atoms with Gasteiger partial charge in [0, 0.05) is 16.0 Å². The molecule has 0 atom stereocenters. The molecule has 1 aliphatic rings. The first-order chi connectivity index (χ1) is 12.1. The Hall–Kier alpha value is -2.66. The maximum absolute atomic E-state index is 12.4. The van der Waals surface area contributed by atoms with Gasteiger partial charge < -0.3 is 4.74 Å². The van der Waals surface area contributed by atoms with Crippen molar-refractivity contribution >= 4 is 22.4 Å². The summed E-state index contributed by atoms with van der Waals surface area (Å²) in [7, 11) is 1.68. The molecular formula is C20H18N2O2S. The van der Waals surface area contributed by atoms with Gasteiger partial charge in [0.05, 0.1) is 12.8 Å². The van der Waals surface area contributed by atoms with E-state index in [4.69, 9.17) is 4.74 Å². The van der Waals surface area contributed by atoms with Crippen LogP contribution in [0.2, 0.25) is 0 Å². The number of nitrogens with one attached hydrogen (secondary N) is 1. The Morgan fingerprint density at radius 1 is 1.20 bits per heavy atom. The Morgan fingerprint density at radius 3 is 2.88 bits per heavy atom. The van der Waals surface area contributed by atoms with Gasteiger partial charge >= 0.3 is 0 Å². The molecule has 0 spiro atoms. The third-order valence-electron chi connectivity index (χ3n) is 4.39. The molecule has 0 radical (unpaired) electrons. The lowest BCUT2D eigenvalue weighted by atomic mass is 9.93. The van der Waals surface area contributed by atoms with Gasteiger partial charge in [0.25, 0.3) is 5.91 Å². The minimum Gasteiger partial charge on any atom is -0.497 e. The fourth-order valence-corrected chi connectivity index (χ4v) is 4.09. The van der Waals surface area contributed by atoms with Crippen LogP contribution in [0.3, 0.4) is 0 Å². The highest BCUT2D eigenvalue weighted by Crippen LogP contribution is 2.39. The van der Waals surface area contributed by atoms with Crippen LogP contribution in [0.4, 0.5) is 5.13 Å². The van der Waals surface area contributed by atoms with Crippen LogP contribution in [-0.4, -0.2) is 18.0 Å². The number of hydrogen-bond donors (Lipinski definition) is 1. The van der Waals surface area contributed by atoms with Gasteiger partial charge in [-0.3, -0.25) is 10.1 Å². The number of rotatable bonds is 3. The average Bonchev–Trinajstić information content (AvgIpc) is 3.04. The van der Waals surface area contributed by atoms with E-state index in [0.717, 1.165) is 35.4 Å². The number of hydrogen-bond acceptors (Lipinski definition) is 4. The second-order valence-electron chi connectivity index (χ2n) is 6.14. The van der Waals surface area contributed by atoms with Gasteiger partial charge in [-0.05, 0) is 55.7 Å². The van der Waals surface area contributed by atoms with E-state index in [2.05, 4.69) is 22.4 Å². The van der Waals surface area contributed by atoms with Crippen molar-refractivity contribution in [3.63, 3.8) is 0 Å². The van der Waals surface area contributed by atoms with Crippen molar-refractivity contribution in [3.05, 3.63) is 64.0 Å². The van der Waals surface area contributed by atoms with E-state index in [1.807, 2.05) is 37.3 Å². The van der Waals surface area contributed by atoms with Crippen LogP contribution in [0.25, 0.3) is 11.3 Å². The quantitative estimate of drug-likeness (QED) is 0.758. The molecule has 0 fully saturated rings. The number of aromatic nitrogens is 1. The third-order valence-corrected chi connectivity index (χ3v) is 5.42. The monoisotopic (exact) mass is 350 g/mol. The standard InChI is InChI=1S/C20H18N2O2S/c1-12-4-3-5-14(10-12)19(23)22-20-21-18-16-8-7-15(24-2)11-13(16)6-9-17(18)25-20/h3-5,7-8,10-11H,6,9H2,1-2H3,(H,21,22,23). The third kappa shape index (κ3) is 3.03. The van der Waals surface area contributed by atoms with E-state index in [0.29, 0.717) is 10.7 Å². The highest BCUT2D eigenvalue weighted by Gasteiger charge is 2.22. The van der Waals surface area contributed by atoms with E-state index in [1.54, 1.807) is 18.4 Å². The highest BCUT2D eigenvalue weighted by atomic mass is 32.1. The van der Waals surface area contributed by atoms with Gasteiger partial charge in [-0.1, -0.05) is 17.7 Å². The van der Waals surface area contributed by atoms with Crippen molar-refractivity contribution in [2.24, 2.45) is 0 Å². The number of aryl methyl sites for hydroxylation is 3. The first-order valence-corrected chi connectivity index (χ1v) is 9.00. The van der Waals surface area contributed by atoms with Crippen molar-refractivity contribution < 1.29 is 9.53 Å². The molecule has 2 aromatic carbocycles. The van der Waals surface area contributed by atoms with Gasteiger partial charge in [0.1, 0.15) is 5.75 Å². The number of benzene rings is 2. The van der Waals surface area contributed by atoms with Crippen LogP contribution in [-0.2, 0) is 12.8 Å². The number of methoxy groups -OCH3 is 1. The topological polar surface area (TPSA) is 51.2 Å². The highest BCUT2D eigenvalue weighted by molar-refractivity contribution is 7.16. The van der Waals surface area contributed by atoms with Gasteiger partial charge in [-0.2, -0.15) is 0 Å². The van der Waals surface area contributed by atoms with Gasteiger partial charge in [-0.25, -0.2) is 4.98 Å². The first-order valence-electron chi connectivity index (χ1n) is 8.19. The summed E-state index contributed by atoms with van der Waals surface area (Å²) in [5, 5.41) is 3.59. The molecule has 0 unspecified atom stereocenters. The van der Waals surface area contributed by atoms with E-state index >= 15 is 0 Å². The summed E-state index contributed by atoms with van der Waals surface area (Å²) in [5.74, 6) is 0.746. The van der Waals surface area contributed by atoms with Crippen LogP contribution in [0.5, 0.6) is 5.75 Å². The molecule has 1 aliphatic carbocycles. The van der Waals surface area contributed by atoms with Crippen LogP contribution in [0, 0.1) is 6.92 Å². The lowest BCUT2D eigenvalue weighted by molar-refractivity contribution is 0.102. The Balaban J connectivity index is 1.62. The number of thiazole rings is 1. The molecule has 1 aromatic heterocycles. The van der Waals surface area contributed by atoms with E-state index in [9.17, 15) is 4.79 Å². The zero-order valence-electron chi connectivity index (χ0n) is 14.1. The van der Waals surface area contributed by atoms with Gasteiger partial charge in [-0.15, -0.1) is 11.3 Å². The number of ether oxygens (including phenoxy) is 1. The summed E-state index contributed by atoms with van der Waals surface area (Å²) in [4.78, 5) is 18.3. The summed E-state index contributed by atoms with van der Waals surface area (Å²) in [6.07, 6.45) is 1.90. The van der Waals surface area contributed by atoms with Crippen molar-refractivity contribution in [2.75, 3.05) is 12.4 Å². The zero-order chi connectivity index (χ0) is 17.4. The van der Waals surface area contributed by atoms with Crippen LogP contribution >= 0.6 is 11.3 Å². The molecule has 0 saturated carbocycles. The number of carbonyl (C=O) groups is 1. The van der Waals surface area contributed by atoms with Crippen molar-refractivity contribution in [1.29, 1.82) is 0 Å². The average molecular weight is 350 g/mol. The fourth-order valence-electron chi connectivity index (χ4n) is 3.12. The molecule has 1 amide bonds. The fraction of sp³-hybridized carbons (Fsp3) is 0.200. The molecule has 0 bridgehead atoms. The second-order valence-corrected chi connectivity index (χ2v) is 7.22. The summed E-state index contributed by atoms with van der Waals surface area (Å²) in [6, 6.07) is 13.6. The van der Waals surface area contributed by atoms with E-state index < -0.39 is 0 Å². The van der Waals surface area contributed by atoms with Crippen LogP contribution in [0.1, 0.15) is 26.4 Å². The number of amides is 1. The molecule has 25 heavy (non-hydrogen) atoms. The lowest BCUT2D eigenvalue weighted by Crippen LogP contribution is -2.11. The predicted octanol–water partition coefficient (Wildman–Crippen LogP) is 4.48. The summed E-state index contributed by atoms with van der Waals surface area (Å²) < 4.78 is 5.31. The van der Waals surface area contributed by atoms with Gasteiger partial charge in [0.2, 0.25) is 0 Å². The summed E-state index contributed by atoms with van der Waals surface area (Å²) in [6.45, 7) is 1.98. The van der Waals surface area contributed by atoms with Gasteiger partial charge in [0.15, 0.2) is 5.13 Å².